The SMILES string of the molecule is COC(=O)Cn1c(=NC(=O)C=Cc2ccc([N+](=O)[O-])s2)sc2cc(C)ccc21. The maximum absolute atomic E-state index is 12.3. The number of carbonyl (C=O) groups excluding carboxylic acids is 2. The largest absolute Gasteiger partial charge is 0.468 e. The molecule has 3 rings (SSSR count). The number of hydrogen-bond donors (Lipinski definition) is 0. The molecule has 1 aromatic carbocycles. The van der Waals surface area contributed by atoms with E-state index in [1.165, 1.54) is 36.7 Å². The molecule has 0 aliphatic heterocycles. The molecule has 0 saturated heterocycles. The zero-order valence-electron chi connectivity index (χ0n) is 14.9. The van der Waals surface area contributed by atoms with Gasteiger partial charge in [0.25, 0.3) is 5.91 Å². The van der Waals surface area contributed by atoms with Crippen LogP contribution in [0.3, 0.4) is 0 Å². The number of nitrogens with zero attached hydrogens (tertiary/aromatic N) is 3. The third-order valence-electron chi connectivity index (χ3n) is 3.74. The summed E-state index contributed by atoms with van der Waals surface area (Å²) in [7, 11) is 1.30. The molecule has 0 saturated carbocycles. The first kappa shape index (κ1) is 19.6. The highest BCUT2D eigenvalue weighted by Crippen LogP contribution is 2.24. The Bertz CT molecular complexity index is 1170. The Kier molecular flexibility index (Phi) is 5.81. The average Bonchev–Trinajstić information content (AvgIpc) is 3.25. The zero-order chi connectivity index (χ0) is 20.3. The Labute approximate surface area is 167 Å². The van der Waals surface area contributed by atoms with Gasteiger partial charge in [0, 0.05) is 17.0 Å². The molecule has 8 nitrogen and oxygen atoms in total. The quantitative estimate of drug-likeness (QED) is 0.274. The van der Waals surface area contributed by atoms with Gasteiger partial charge < -0.3 is 9.30 Å². The first-order chi connectivity index (χ1) is 13.4. The van der Waals surface area contributed by atoms with E-state index in [0.717, 1.165) is 27.1 Å². The van der Waals surface area contributed by atoms with Crippen molar-refractivity contribution in [2.24, 2.45) is 4.99 Å². The van der Waals surface area contributed by atoms with Gasteiger partial charge in [0.2, 0.25) is 0 Å². The lowest BCUT2D eigenvalue weighted by Gasteiger charge is -2.03. The van der Waals surface area contributed by atoms with Crippen LogP contribution in [0.2, 0.25) is 0 Å². The number of thiazole rings is 1. The molecule has 2 heterocycles. The van der Waals surface area contributed by atoms with Crippen molar-refractivity contribution in [2.75, 3.05) is 7.11 Å². The molecule has 0 N–H and O–H groups in total. The minimum atomic E-state index is -0.530. The van der Waals surface area contributed by atoms with Crippen molar-refractivity contribution in [3.05, 3.63) is 61.8 Å². The van der Waals surface area contributed by atoms with Crippen LogP contribution in [0.5, 0.6) is 0 Å². The van der Waals surface area contributed by atoms with Gasteiger partial charge in [-0.05, 0) is 36.8 Å². The molecule has 144 valence electrons. The van der Waals surface area contributed by atoms with Crippen LogP contribution in [0.25, 0.3) is 16.3 Å². The molecule has 1 amide bonds. The van der Waals surface area contributed by atoms with Crippen molar-refractivity contribution in [3.63, 3.8) is 0 Å². The summed E-state index contributed by atoms with van der Waals surface area (Å²) in [5.41, 5.74) is 1.83. The second-order valence-corrected chi connectivity index (χ2v) is 7.84. The van der Waals surface area contributed by atoms with Gasteiger partial charge in [-0.1, -0.05) is 28.7 Å². The number of rotatable bonds is 5. The van der Waals surface area contributed by atoms with Gasteiger partial charge in [-0.25, -0.2) is 0 Å². The molecule has 0 bridgehead atoms. The summed E-state index contributed by atoms with van der Waals surface area (Å²) in [5, 5.41) is 10.7. The summed E-state index contributed by atoms with van der Waals surface area (Å²) < 4.78 is 7.26. The fourth-order valence-electron chi connectivity index (χ4n) is 2.43. The molecular formula is C18H15N3O5S2. The summed E-state index contributed by atoms with van der Waals surface area (Å²) in [6.45, 7) is 1.89. The van der Waals surface area contributed by atoms with Gasteiger partial charge in [0.05, 0.1) is 22.2 Å². The first-order valence-electron chi connectivity index (χ1n) is 8.05. The second-order valence-electron chi connectivity index (χ2n) is 5.73. The standard InChI is InChI=1S/C18H15N3O5S2/c1-11-3-6-13-14(9-11)28-18(20(13)10-17(23)26-2)19-15(22)7-4-12-5-8-16(27-12)21(24)25/h3-9H,10H2,1-2H3. The zero-order valence-corrected chi connectivity index (χ0v) is 16.6. The molecule has 0 atom stereocenters. The van der Waals surface area contributed by atoms with Crippen LogP contribution in [0.1, 0.15) is 10.4 Å². The Balaban J connectivity index is 1.95. The minimum absolute atomic E-state index is 0.000154. The lowest BCUT2D eigenvalue weighted by Crippen LogP contribution is -2.22. The minimum Gasteiger partial charge on any atom is -0.468 e. The molecule has 2 aromatic heterocycles. The third kappa shape index (κ3) is 4.41. The number of fused-ring (bicyclic) bond motifs is 1. The Morgan fingerprint density at radius 2 is 2.07 bits per heavy atom. The lowest BCUT2D eigenvalue weighted by molar-refractivity contribution is -0.380. The van der Waals surface area contributed by atoms with E-state index < -0.39 is 16.8 Å². The van der Waals surface area contributed by atoms with E-state index in [0.29, 0.717) is 9.68 Å². The number of aryl methyl sites for hydroxylation is 1. The number of methoxy groups -OCH3 is 1. The number of nitro groups is 1. The topological polar surface area (TPSA) is 104 Å². The van der Waals surface area contributed by atoms with Gasteiger partial charge in [-0.15, -0.1) is 0 Å². The summed E-state index contributed by atoms with van der Waals surface area (Å²) >= 11 is 2.26. The maximum Gasteiger partial charge on any atom is 0.325 e. The van der Waals surface area contributed by atoms with Crippen molar-refractivity contribution in [3.8, 4) is 0 Å². The lowest BCUT2D eigenvalue weighted by atomic mass is 10.2. The molecule has 0 aliphatic rings. The molecule has 10 heteroatoms. The van der Waals surface area contributed by atoms with E-state index >= 15 is 0 Å². The van der Waals surface area contributed by atoms with Crippen molar-refractivity contribution < 1.29 is 19.2 Å². The molecule has 0 unspecified atom stereocenters. The highest BCUT2D eigenvalue weighted by atomic mass is 32.1. The number of esters is 1. The van der Waals surface area contributed by atoms with E-state index in [9.17, 15) is 19.7 Å². The van der Waals surface area contributed by atoms with Gasteiger partial charge in [0.1, 0.15) is 6.54 Å². The highest BCUT2D eigenvalue weighted by Gasteiger charge is 2.12. The highest BCUT2D eigenvalue weighted by molar-refractivity contribution is 7.16. The predicted molar refractivity (Wildman–Crippen MR) is 107 cm³/mol. The normalized spacial score (nSPS) is 12.0. The number of aromatic nitrogens is 1. The van der Waals surface area contributed by atoms with Crippen LogP contribution in [-0.4, -0.2) is 28.5 Å². The summed E-state index contributed by atoms with van der Waals surface area (Å²) in [4.78, 5) is 39.3. The van der Waals surface area contributed by atoms with Crippen LogP contribution in [-0.2, 0) is 20.9 Å². The molecular weight excluding hydrogens is 402 g/mol. The molecule has 28 heavy (non-hydrogen) atoms. The molecule has 3 aromatic rings. The van der Waals surface area contributed by atoms with Gasteiger partial charge >= 0.3 is 11.0 Å². The van der Waals surface area contributed by atoms with Gasteiger partial charge in [-0.2, -0.15) is 4.99 Å². The van der Waals surface area contributed by atoms with Crippen molar-refractivity contribution in [1.29, 1.82) is 0 Å². The predicted octanol–water partition coefficient (Wildman–Crippen LogP) is 3.29. The first-order valence-corrected chi connectivity index (χ1v) is 9.68. The van der Waals surface area contributed by atoms with E-state index in [2.05, 4.69) is 4.99 Å². The second kappa shape index (κ2) is 8.28. The Morgan fingerprint density at radius 1 is 1.29 bits per heavy atom. The van der Waals surface area contributed by atoms with Crippen molar-refractivity contribution in [2.45, 2.75) is 13.5 Å². The number of amides is 1. The van der Waals surface area contributed by atoms with Crippen LogP contribution >= 0.6 is 22.7 Å². The number of ether oxygens (including phenoxy) is 1. The summed E-state index contributed by atoms with van der Waals surface area (Å²) in [5.74, 6) is -0.978. The number of carbonyl (C=O) groups is 2. The monoisotopic (exact) mass is 417 g/mol. The molecule has 0 aliphatic carbocycles. The maximum atomic E-state index is 12.3. The summed E-state index contributed by atoms with van der Waals surface area (Å²) in [6.07, 6.45) is 2.72. The van der Waals surface area contributed by atoms with E-state index in [1.807, 2.05) is 25.1 Å². The molecule has 0 spiro atoms. The number of thiophene rings is 1. The van der Waals surface area contributed by atoms with Crippen LogP contribution in [0.15, 0.2) is 41.4 Å². The Hall–Kier alpha value is -3.11. The van der Waals surface area contributed by atoms with E-state index in [1.54, 1.807) is 10.6 Å². The number of hydrogen-bond acceptors (Lipinski definition) is 7. The Morgan fingerprint density at radius 3 is 2.75 bits per heavy atom. The van der Waals surface area contributed by atoms with Crippen molar-refractivity contribution >= 4 is 55.8 Å². The van der Waals surface area contributed by atoms with Crippen molar-refractivity contribution in [1.82, 2.24) is 4.57 Å². The van der Waals surface area contributed by atoms with Crippen LogP contribution in [0.4, 0.5) is 5.00 Å². The van der Waals surface area contributed by atoms with Gasteiger partial charge in [-0.3, -0.25) is 19.7 Å². The smallest absolute Gasteiger partial charge is 0.325 e. The van der Waals surface area contributed by atoms with Gasteiger partial charge in [0.15, 0.2) is 4.80 Å². The molecule has 0 fully saturated rings. The van der Waals surface area contributed by atoms with Crippen LogP contribution in [0, 0.1) is 17.0 Å². The van der Waals surface area contributed by atoms with E-state index in [-0.39, 0.29) is 11.5 Å². The van der Waals surface area contributed by atoms with E-state index in [4.69, 9.17) is 4.74 Å². The number of benzene rings is 1. The average molecular weight is 417 g/mol. The fourth-order valence-corrected chi connectivity index (χ4v) is 4.28. The fraction of sp³-hybridized carbons (Fsp3) is 0.167. The third-order valence-corrected chi connectivity index (χ3v) is 5.79. The molecule has 0 radical (unpaired) electrons. The van der Waals surface area contributed by atoms with Crippen LogP contribution < -0.4 is 4.80 Å². The summed E-state index contributed by atoms with van der Waals surface area (Å²) in [6, 6.07) is 8.68.